The molecule has 60 heavy (non-hydrogen) atoms. The van der Waals surface area contributed by atoms with Crippen molar-refractivity contribution in [3.63, 3.8) is 0 Å². The topological polar surface area (TPSA) is 42.7 Å². The normalized spacial score (nSPS) is 12.0. The first kappa shape index (κ1) is 32.9. The van der Waals surface area contributed by atoms with Crippen LogP contribution < -0.4 is 4.90 Å². The summed E-state index contributed by atoms with van der Waals surface area (Å²) in [6.07, 6.45) is 0. The number of nitrogens with zero attached hydrogens (tertiary/aromatic N) is 1. The first-order chi connectivity index (χ1) is 29.7. The van der Waals surface area contributed by atoms with Gasteiger partial charge in [0, 0.05) is 49.1 Å². The van der Waals surface area contributed by atoms with Crippen LogP contribution >= 0.6 is 0 Å². The van der Waals surface area contributed by atoms with Gasteiger partial charge in [0.15, 0.2) is 0 Å². The lowest BCUT2D eigenvalue weighted by Gasteiger charge is -2.28. The standard InChI is InChI=1S/C56H33NO3/c1-2-13-37-33-53-47(31-36(37)12-1)46-32-38(26-30-51(46)58-53)40-14-5-7-19-48(40)57(49-20-10-22-52-54(49)45-29-25-34-11-3-4-15-41(34)56(45)60-52)39-27-23-35(24-28-39)42-17-9-18-44-43-16-6-8-21-50(43)59-55(42)44/h1-33H. The Labute approximate surface area is 343 Å². The van der Waals surface area contributed by atoms with Crippen LogP contribution in [-0.2, 0) is 0 Å². The fourth-order valence-corrected chi connectivity index (χ4v) is 9.44. The SMILES string of the molecule is c1ccc(N(c2ccc(-c3cccc4c3oc3ccccc34)cc2)c2cccc3oc4c5ccccc5ccc4c23)c(-c2ccc3oc4cc5ccccc5cc4c3c2)c1. The van der Waals surface area contributed by atoms with E-state index in [4.69, 9.17) is 13.3 Å². The van der Waals surface area contributed by atoms with Crippen LogP contribution in [0.2, 0.25) is 0 Å². The number of benzene rings is 10. The largest absolute Gasteiger partial charge is 0.456 e. The van der Waals surface area contributed by atoms with Crippen molar-refractivity contribution >= 4 is 104 Å². The van der Waals surface area contributed by atoms with Gasteiger partial charge in [0.05, 0.1) is 16.8 Å². The zero-order chi connectivity index (χ0) is 39.3. The zero-order valence-electron chi connectivity index (χ0n) is 32.2. The number of hydrogen-bond donors (Lipinski definition) is 0. The minimum absolute atomic E-state index is 0.841. The Balaban J connectivity index is 1.03. The highest BCUT2D eigenvalue weighted by Gasteiger charge is 2.23. The number of anilines is 3. The molecule has 0 amide bonds. The van der Waals surface area contributed by atoms with Gasteiger partial charge >= 0.3 is 0 Å². The first-order valence-electron chi connectivity index (χ1n) is 20.3. The van der Waals surface area contributed by atoms with E-state index in [1.165, 1.54) is 10.8 Å². The summed E-state index contributed by atoms with van der Waals surface area (Å²) in [5.74, 6) is 0. The molecule has 13 rings (SSSR count). The highest BCUT2D eigenvalue weighted by molar-refractivity contribution is 6.20. The van der Waals surface area contributed by atoms with Crippen molar-refractivity contribution < 1.29 is 13.3 Å². The predicted molar refractivity (Wildman–Crippen MR) is 249 cm³/mol. The summed E-state index contributed by atoms with van der Waals surface area (Å²) in [4.78, 5) is 2.39. The maximum absolute atomic E-state index is 6.75. The average molecular weight is 768 g/mol. The number of hydrogen-bond acceptors (Lipinski definition) is 4. The van der Waals surface area contributed by atoms with Crippen molar-refractivity contribution in [2.45, 2.75) is 0 Å². The molecule has 10 aromatic carbocycles. The lowest BCUT2D eigenvalue weighted by atomic mass is 9.98. The van der Waals surface area contributed by atoms with Crippen LogP contribution in [0.15, 0.2) is 213 Å². The lowest BCUT2D eigenvalue weighted by Crippen LogP contribution is -2.11. The van der Waals surface area contributed by atoms with Crippen molar-refractivity contribution in [1.29, 1.82) is 0 Å². The smallest absolute Gasteiger partial charge is 0.143 e. The van der Waals surface area contributed by atoms with Gasteiger partial charge in [0.25, 0.3) is 0 Å². The molecule has 0 fully saturated rings. The second-order valence-corrected chi connectivity index (χ2v) is 15.6. The molecule has 3 heterocycles. The van der Waals surface area contributed by atoms with E-state index in [9.17, 15) is 0 Å². The van der Waals surface area contributed by atoms with E-state index in [1.807, 2.05) is 12.1 Å². The van der Waals surface area contributed by atoms with Crippen molar-refractivity contribution in [3.8, 4) is 22.3 Å². The van der Waals surface area contributed by atoms with E-state index in [-0.39, 0.29) is 0 Å². The Morgan fingerprint density at radius 2 is 0.933 bits per heavy atom. The van der Waals surface area contributed by atoms with Gasteiger partial charge in [-0.3, -0.25) is 0 Å². The summed E-state index contributed by atoms with van der Waals surface area (Å²) < 4.78 is 19.7. The number of fused-ring (bicyclic) bond motifs is 12. The van der Waals surface area contributed by atoms with Crippen molar-refractivity contribution in [1.82, 2.24) is 0 Å². The van der Waals surface area contributed by atoms with Crippen molar-refractivity contribution in [3.05, 3.63) is 200 Å². The quantitative estimate of drug-likeness (QED) is 0.175. The molecular formula is C56H33NO3. The molecule has 0 atom stereocenters. The van der Waals surface area contributed by atoms with Crippen LogP contribution in [0.3, 0.4) is 0 Å². The Morgan fingerprint density at radius 3 is 1.83 bits per heavy atom. The summed E-state index contributed by atoms with van der Waals surface area (Å²) in [5.41, 5.74) is 12.7. The fourth-order valence-electron chi connectivity index (χ4n) is 9.44. The summed E-state index contributed by atoms with van der Waals surface area (Å²) in [6, 6.07) is 70.9. The maximum Gasteiger partial charge on any atom is 0.143 e. The van der Waals surface area contributed by atoms with Crippen LogP contribution in [0.4, 0.5) is 17.1 Å². The Hall–Kier alpha value is -8.08. The third kappa shape index (κ3) is 4.91. The molecule has 4 heteroatoms. The van der Waals surface area contributed by atoms with Crippen LogP contribution in [0.5, 0.6) is 0 Å². The molecule has 280 valence electrons. The van der Waals surface area contributed by atoms with Gasteiger partial charge in [-0.15, -0.1) is 0 Å². The summed E-state index contributed by atoms with van der Waals surface area (Å²) in [6.45, 7) is 0. The van der Waals surface area contributed by atoms with Crippen molar-refractivity contribution in [2.24, 2.45) is 0 Å². The van der Waals surface area contributed by atoms with Gasteiger partial charge < -0.3 is 18.2 Å². The molecule has 3 aromatic heterocycles. The molecule has 0 radical (unpaired) electrons. The van der Waals surface area contributed by atoms with E-state index in [0.717, 1.165) is 116 Å². The third-order valence-corrected chi connectivity index (χ3v) is 12.2. The summed E-state index contributed by atoms with van der Waals surface area (Å²) in [5, 5.41) is 11.2. The Kier molecular flexibility index (Phi) is 6.98. The molecular weight excluding hydrogens is 735 g/mol. The molecule has 4 nitrogen and oxygen atoms in total. The number of furan rings is 3. The van der Waals surface area contributed by atoms with Gasteiger partial charge in [0.1, 0.15) is 33.5 Å². The summed E-state index contributed by atoms with van der Waals surface area (Å²) in [7, 11) is 0. The molecule has 0 aliphatic rings. The fraction of sp³-hybridized carbons (Fsp3) is 0. The molecule has 0 unspecified atom stereocenters. The van der Waals surface area contributed by atoms with Crippen LogP contribution in [0, 0.1) is 0 Å². The third-order valence-electron chi connectivity index (χ3n) is 12.2. The molecule has 13 aromatic rings. The highest BCUT2D eigenvalue weighted by atomic mass is 16.3. The molecule has 0 aliphatic heterocycles. The predicted octanol–water partition coefficient (Wildman–Crippen LogP) is 16.5. The second-order valence-electron chi connectivity index (χ2n) is 15.6. The van der Waals surface area contributed by atoms with Crippen LogP contribution in [-0.4, -0.2) is 0 Å². The van der Waals surface area contributed by atoms with E-state index < -0.39 is 0 Å². The van der Waals surface area contributed by atoms with Gasteiger partial charge in [-0.05, 0) is 94.0 Å². The molecule has 0 spiro atoms. The van der Waals surface area contributed by atoms with E-state index >= 15 is 0 Å². The van der Waals surface area contributed by atoms with Gasteiger partial charge in [-0.25, -0.2) is 0 Å². The van der Waals surface area contributed by atoms with E-state index in [2.05, 4.69) is 193 Å². The zero-order valence-corrected chi connectivity index (χ0v) is 32.2. The second kappa shape index (κ2) is 12.7. The number of rotatable bonds is 5. The summed E-state index contributed by atoms with van der Waals surface area (Å²) >= 11 is 0. The molecule has 0 aliphatic carbocycles. The Morgan fingerprint density at radius 1 is 0.300 bits per heavy atom. The van der Waals surface area contributed by atoms with E-state index in [0.29, 0.717) is 0 Å². The van der Waals surface area contributed by atoms with Gasteiger partial charge in [-0.2, -0.15) is 0 Å². The van der Waals surface area contributed by atoms with Crippen LogP contribution in [0.25, 0.3) is 110 Å². The maximum atomic E-state index is 6.75. The van der Waals surface area contributed by atoms with Crippen molar-refractivity contribution in [2.75, 3.05) is 4.90 Å². The highest BCUT2D eigenvalue weighted by Crippen LogP contribution is 2.48. The number of para-hydroxylation sites is 3. The minimum atomic E-state index is 0.841. The lowest BCUT2D eigenvalue weighted by molar-refractivity contribution is 0.669. The minimum Gasteiger partial charge on any atom is -0.456 e. The van der Waals surface area contributed by atoms with Crippen LogP contribution in [0.1, 0.15) is 0 Å². The molecule has 0 saturated carbocycles. The van der Waals surface area contributed by atoms with E-state index in [1.54, 1.807) is 0 Å². The van der Waals surface area contributed by atoms with Gasteiger partial charge in [-0.1, -0.05) is 133 Å². The average Bonchev–Trinajstić information content (AvgIpc) is 4.00. The van der Waals surface area contributed by atoms with Gasteiger partial charge in [0.2, 0.25) is 0 Å². The molecule has 0 bridgehead atoms. The Bertz CT molecular complexity index is 3850. The monoisotopic (exact) mass is 767 g/mol. The molecule has 0 saturated heterocycles. The first-order valence-corrected chi connectivity index (χ1v) is 20.3. The molecule has 0 N–H and O–H groups in total.